The number of hydrogen-bond acceptors (Lipinski definition) is 2. The van der Waals surface area contributed by atoms with Crippen LogP contribution in [-0.4, -0.2) is 16.5 Å². The van der Waals surface area contributed by atoms with Crippen LogP contribution in [0.5, 0.6) is 0 Å². The van der Waals surface area contributed by atoms with E-state index >= 15 is 0 Å². The summed E-state index contributed by atoms with van der Waals surface area (Å²) in [6, 6.07) is 3.47. The van der Waals surface area contributed by atoms with Gasteiger partial charge in [-0.2, -0.15) is 0 Å². The standard InChI is InChI=1S/C9H6Cl4FNO2/c10-6-3-5(14)1-2-7(6)15-8(16)17-4-9(11,12)13/h1-3H,4H2,(H,15,16). The van der Waals surface area contributed by atoms with Gasteiger partial charge in [-0.25, -0.2) is 9.18 Å². The van der Waals surface area contributed by atoms with Gasteiger partial charge in [-0.15, -0.1) is 0 Å². The van der Waals surface area contributed by atoms with Crippen LogP contribution < -0.4 is 5.32 Å². The fourth-order valence-electron chi connectivity index (χ4n) is 0.884. The van der Waals surface area contributed by atoms with E-state index in [-0.39, 0.29) is 10.7 Å². The molecule has 17 heavy (non-hydrogen) atoms. The van der Waals surface area contributed by atoms with E-state index in [4.69, 9.17) is 46.4 Å². The second-order valence-electron chi connectivity index (χ2n) is 2.94. The normalized spacial score (nSPS) is 11.1. The van der Waals surface area contributed by atoms with Crippen molar-refractivity contribution in [1.82, 2.24) is 0 Å². The maximum Gasteiger partial charge on any atom is 0.411 e. The van der Waals surface area contributed by atoms with Crippen molar-refractivity contribution in [3.8, 4) is 0 Å². The Morgan fingerprint density at radius 2 is 2.06 bits per heavy atom. The number of benzene rings is 1. The van der Waals surface area contributed by atoms with E-state index in [1.807, 2.05) is 0 Å². The van der Waals surface area contributed by atoms with Gasteiger partial charge in [-0.3, -0.25) is 5.32 Å². The third kappa shape index (κ3) is 5.64. The van der Waals surface area contributed by atoms with E-state index in [9.17, 15) is 9.18 Å². The third-order valence-corrected chi connectivity index (χ3v) is 2.17. The first-order valence-electron chi connectivity index (χ1n) is 4.23. The highest BCUT2D eigenvalue weighted by atomic mass is 35.6. The molecule has 1 rings (SSSR count). The molecule has 0 saturated heterocycles. The van der Waals surface area contributed by atoms with Crippen LogP contribution in [0.25, 0.3) is 0 Å². The van der Waals surface area contributed by atoms with Gasteiger partial charge in [0.15, 0.2) is 0 Å². The zero-order valence-corrected chi connectivity index (χ0v) is 11.2. The molecule has 0 aromatic heterocycles. The first-order valence-corrected chi connectivity index (χ1v) is 5.75. The molecule has 3 nitrogen and oxygen atoms in total. The quantitative estimate of drug-likeness (QED) is 0.820. The summed E-state index contributed by atoms with van der Waals surface area (Å²) >= 11 is 21.8. The van der Waals surface area contributed by atoms with Crippen molar-refractivity contribution in [1.29, 1.82) is 0 Å². The number of nitrogens with one attached hydrogen (secondary N) is 1. The number of rotatable bonds is 2. The predicted octanol–water partition coefficient (Wildman–Crippen LogP) is 4.40. The predicted molar refractivity (Wildman–Crippen MR) is 66.7 cm³/mol. The Balaban J connectivity index is 2.57. The fraction of sp³-hybridized carbons (Fsp3) is 0.222. The number of carbonyl (C=O) groups is 1. The number of anilines is 1. The SMILES string of the molecule is O=C(Nc1ccc(F)cc1Cl)OCC(Cl)(Cl)Cl. The van der Waals surface area contributed by atoms with Crippen LogP contribution in [0, 0.1) is 5.82 Å². The minimum Gasteiger partial charge on any atom is -0.445 e. The molecule has 0 atom stereocenters. The first kappa shape index (κ1) is 14.6. The highest BCUT2D eigenvalue weighted by Crippen LogP contribution is 2.26. The molecular formula is C9H6Cl4FNO2. The van der Waals surface area contributed by atoms with Gasteiger partial charge in [0.2, 0.25) is 3.79 Å². The number of ether oxygens (including phenoxy) is 1. The lowest BCUT2D eigenvalue weighted by Crippen LogP contribution is -2.21. The summed E-state index contributed by atoms with van der Waals surface area (Å²) in [5.74, 6) is -0.518. The highest BCUT2D eigenvalue weighted by Gasteiger charge is 2.22. The van der Waals surface area contributed by atoms with E-state index in [1.54, 1.807) is 0 Å². The average Bonchev–Trinajstić information content (AvgIpc) is 2.18. The summed E-state index contributed by atoms with van der Waals surface area (Å²) in [5, 5.41) is 2.31. The van der Waals surface area contributed by atoms with Gasteiger partial charge >= 0.3 is 6.09 Å². The van der Waals surface area contributed by atoms with Crippen LogP contribution in [-0.2, 0) is 4.74 Å². The lowest BCUT2D eigenvalue weighted by molar-refractivity contribution is 0.164. The molecule has 1 N–H and O–H groups in total. The minimum absolute atomic E-state index is 0.0378. The van der Waals surface area contributed by atoms with Crippen molar-refractivity contribution in [3.05, 3.63) is 29.0 Å². The Morgan fingerprint density at radius 1 is 1.41 bits per heavy atom. The molecule has 0 bridgehead atoms. The summed E-state index contributed by atoms with van der Waals surface area (Å²) in [6.07, 6.45) is -0.857. The van der Waals surface area contributed by atoms with Gasteiger partial charge in [0.1, 0.15) is 12.4 Å². The first-order chi connectivity index (χ1) is 7.78. The molecule has 0 saturated carbocycles. The number of alkyl halides is 3. The van der Waals surface area contributed by atoms with Crippen molar-refractivity contribution in [3.63, 3.8) is 0 Å². The second kappa shape index (κ2) is 5.96. The van der Waals surface area contributed by atoms with Crippen molar-refractivity contribution in [2.75, 3.05) is 11.9 Å². The summed E-state index contributed by atoms with van der Waals surface area (Å²) in [7, 11) is 0. The van der Waals surface area contributed by atoms with Gasteiger partial charge in [0.25, 0.3) is 0 Å². The highest BCUT2D eigenvalue weighted by molar-refractivity contribution is 6.67. The Hall–Kier alpha value is -0.420. The molecule has 0 aliphatic rings. The number of halogens is 5. The molecule has 0 spiro atoms. The Morgan fingerprint density at radius 3 is 2.59 bits per heavy atom. The number of carbonyl (C=O) groups excluding carboxylic acids is 1. The van der Waals surface area contributed by atoms with Crippen molar-refractivity contribution in [2.45, 2.75) is 3.79 Å². The van der Waals surface area contributed by atoms with E-state index in [0.29, 0.717) is 0 Å². The molecule has 94 valence electrons. The topological polar surface area (TPSA) is 38.3 Å². The van der Waals surface area contributed by atoms with Gasteiger partial charge in [-0.05, 0) is 18.2 Å². The Bertz CT molecular complexity index is 422. The number of hydrogen-bond donors (Lipinski definition) is 1. The van der Waals surface area contributed by atoms with Crippen molar-refractivity contribution < 1.29 is 13.9 Å². The van der Waals surface area contributed by atoms with E-state index in [0.717, 1.165) is 12.1 Å². The molecular weight excluding hydrogens is 315 g/mol. The molecule has 1 amide bonds. The van der Waals surface area contributed by atoms with Crippen LogP contribution in [0.1, 0.15) is 0 Å². The zero-order chi connectivity index (χ0) is 13.1. The van der Waals surface area contributed by atoms with Gasteiger partial charge < -0.3 is 4.74 Å². The van der Waals surface area contributed by atoms with E-state index < -0.39 is 22.3 Å². The second-order valence-corrected chi connectivity index (χ2v) is 5.86. The summed E-state index contributed by atoms with van der Waals surface area (Å²) in [6.45, 7) is -0.414. The lowest BCUT2D eigenvalue weighted by atomic mass is 10.3. The largest absolute Gasteiger partial charge is 0.445 e. The summed E-state index contributed by atoms with van der Waals surface area (Å²) in [4.78, 5) is 11.2. The zero-order valence-electron chi connectivity index (χ0n) is 8.15. The third-order valence-electron chi connectivity index (χ3n) is 1.53. The summed E-state index contributed by atoms with van der Waals surface area (Å²) < 4.78 is 15.6. The van der Waals surface area contributed by atoms with E-state index in [1.165, 1.54) is 6.07 Å². The number of amides is 1. The maximum absolute atomic E-state index is 12.7. The molecule has 0 radical (unpaired) electrons. The van der Waals surface area contributed by atoms with Crippen LogP contribution in [0.3, 0.4) is 0 Å². The van der Waals surface area contributed by atoms with Crippen LogP contribution in [0.15, 0.2) is 18.2 Å². The van der Waals surface area contributed by atoms with Gasteiger partial charge in [0.05, 0.1) is 10.7 Å². The van der Waals surface area contributed by atoms with E-state index in [2.05, 4.69) is 10.1 Å². The van der Waals surface area contributed by atoms with Crippen molar-refractivity contribution in [2.24, 2.45) is 0 Å². The van der Waals surface area contributed by atoms with Crippen LogP contribution in [0.4, 0.5) is 14.9 Å². The smallest absolute Gasteiger partial charge is 0.411 e. The monoisotopic (exact) mass is 319 g/mol. The Kier molecular flexibility index (Phi) is 5.13. The fourth-order valence-corrected chi connectivity index (χ4v) is 1.26. The van der Waals surface area contributed by atoms with Crippen molar-refractivity contribution >= 4 is 58.2 Å². The van der Waals surface area contributed by atoms with Crippen LogP contribution in [0.2, 0.25) is 5.02 Å². The molecule has 0 aliphatic carbocycles. The van der Waals surface area contributed by atoms with Crippen LogP contribution >= 0.6 is 46.4 Å². The maximum atomic E-state index is 12.7. The molecule has 0 unspecified atom stereocenters. The lowest BCUT2D eigenvalue weighted by Gasteiger charge is -2.12. The molecule has 8 heteroatoms. The molecule has 1 aromatic rings. The molecule has 0 aliphatic heterocycles. The van der Waals surface area contributed by atoms with Gasteiger partial charge in [0, 0.05) is 0 Å². The summed E-state index contributed by atoms with van der Waals surface area (Å²) in [5.41, 5.74) is 0.197. The Labute approximate surface area is 117 Å². The average molecular weight is 321 g/mol. The van der Waals surface area contributed by atoms with Gasteiger partial charge in [-0.1, -0.05) is 46.4 Å². The molecule has 0 fully saturated rings. The minimum atomic E-state index is -1.69. The molecule has 1 aromatic carbocycles. The molecule has 0 heterocycles.